The summed E-state index contributed by atoms with van der Waals surface area (Å²) in [6.45, 7) is 5.49. The maximum absolute atomic E-state index is 12.6. The average molecular weight is 503 g/mol. The van der Waals surface area contributed by atoms with Crippen molar-refractivity contribution in [1.29, 1.82) is 0 Å². The highest BCUT2D eigenvalue weighted by atomic mass is 127. The van der Waals surface area contributed by atoms with Gasteiger partial charge >= 0.3 is 6.18 Å². The van der Waals surface area contributed by atoms with Gasteiger partial charge in [-0.2, -0.15) is 13.2 Å². The van der Waals surface area contributed by atoms with E-state index in [1.807, 2.05) is 18.9 Å². The lowest BCUT2D eigenvalue weighted by Gasteiger charge is -2.22. The summed E-state index contributed by atoms with van der Waals surface area (Å²) in [4.78, 5) is 6.41. The zero-order chi connectivity index (χ0) is 19.4. The largest absolute Gasteiger partial charge is 0.416 e. The summed E-state index contributed by atoms with van der Waals surface area (Å²) in [5.41, 5.74) is 0.145. The van der Waals surface area contributed by atoms with Gasteiger partial charge in [0.1, 0.15) is 0 Å². The van der Waals surface area contributed by atoms with Crippen LogP contribution in [0.25, 0.3) is 0 Å². The number of benzene rings is 1. The molecule has 1 aromatic rings. The first kappa shape index (κ1) is 25.9. The highest BCUT2D eigenvalue weighted by molar-refractivity contribution is 14.0. The highest BCUT2D eigenvalue weighted by Gasteiger charge is 2.29. The van der Waals surface area contributed by atoms with Crippen LogP contribution in [0.15, 0.2) is 29.3 Å². The van der Waals surface area contributed by atoms with E-state index in [1.54, 1.807) is 7.11 Å². The molecule has 0 spiro atoms. The number of aliphatic imine (C=N–C) groups is 1. The van der Waals surface area contributed by atoms with Crippen molar-refractivity contribution in [2.75, 3.05) is 47.1 Å². The lowest BCUT2D eigenvalue weighted by molar-refractivity contribution is -0.137. The van der Waals surface area contributed by atoms with Crippen LogP contribution in [-0.2, 0) is 22.2 Å². The molecule has 1 aromatic carbocycles. The number of hydrogen-bond acceptors (Lipinski definition) is 3. The van der Waals surface area contributed by atoms with Crippen LogP contribution in [0.5, 0.6) is 0 Å². The lowest BCUT2D eigenvalue weighted by Crippen LogP contribution is -2.38. The molecule has 5 nitrogen and oxygen atoms in total. The van der Waals surface area contributed by atoms with Gasteiger partial charge in [-0.15, -0.1) is 24.0 Å². The van der Waals surface area contributed by atoms with Gasteiger partial charge in [-0.05, 0) is 31.0 Å². The fourth-order valence-corrected chi connectivity index (χ4v) is 2.21. The Kier molecular flexibility index (Phi) is 13.4. The van der Waals surface area contributed by atoms with Crippen LogP contribution in [0.2, 0.25) is 0 Å². The van der Waals surface area contributed by atoms with E-state index >= 15 is 0 Å². The van der Waals surface area contributed by atoms with Crippen LogP contribution in [0.1, 0.15) is 24.5 Å². The Morgan fingerprint density at radius 3 is 2.37 bits per heavy atom. The number of halogens is 4. The van der Waals surface area contributed by atoms with E-state index in [1.165, 1.54) is 12.1 Å². The summed E-state index contributed by atoms with van der Waals surface area (Å²) in [7, 11) is 3.48. The molecule has 1 N–H and O–H groups in total. The molecular weight excluding hydrogens is 474 g/mol. The van der Waals surface area contributed by atoms with Crippen LogP contribution >= 0.6 is 24.0 Å². The molecule has 0 saturated heterocycles. The van der Waals surface area contributed by atoms with Gasteiger partial charge < -0.3 is 19.7 Å². The molecular formula is C18H29F3IN3O2. The standard InChI is InChI=1S/C18H28F3N3O2.HI/c1-4-22-17(23-10-5-11-26-13-12-25-3)24(2)14-15-6-8-16(9-7-15)18(19,20)21;/h6-9H,4-5,10-14H2,1-3H3,(H,22,23);1H. The van der Waals surface area contributed by atoms with Gasteiger partial charge in [0.05, 0.1) is 18.8 Å². The maximum atomic E-state index is 12.6. The monoisotopic (exact) mass is 503 g/mol. The summed E-state index contributed by atoms with van der Waals surface area (Å²) >= 11 is 0. The van der Waals surface area contributed by atoms with Crippen molar-refractivity contribution in [3.63, 3.8) is 0 Å². The number of ether oxygens (including phenoxy) is 2. The summed E-state index contributed by atoms with van der Waals surface area (Å²) in [5.74, 6) is 0.712. The Morgan fingerprint density at radius 2 is 1.81 bits per heavy atom. The third-order valence-corrected chi connectivity index (χ3v) is 3.54. The summed E-state index contributed by atoms with van der Waals surface area (Å²) < 4.78 is 48.2. The molecule has 27 heavy (non-hydrogen) atoms. The normalized spacial score (nSPS) is 11.9. The molecule has 0 radical (unpaired) electrons. The molecule has 0 aliphatic heterocycles. The van der Waals surface area contributed by atoms with Crippen LogP contribution in [0.3, 0.4) is 0 Å². The first-order valence-electron chi connectivity index (χ1n) is 8.60. The number of guanidine groups is 1. The fourth-order valence-electron chi connectivity index (χ4n) is 2.21. The number of nitrogens with one attached hydrogen (secondary N) is 1. The molecule has 9 heteroatoms. The van der Waals surface area contributed by atoms with Crippen molar-refractivity contribution in [2.45, 2.75) is 26.1 Å². The Morgan fingerprint density at radius 1 is 1.15 bits per heavy atom. The number of methoxy groups -OCH3 is 1. The van der Waals surface area contributed by atoms with E-state index in [0.29, 0.717) is 45.4 Å². The van der Waals surface area contributed by atoms with Crippen molar-refractivity contribution >= 4 is 29.9 Å². The van der Waals surface area contributed by atoms with E-state index < -0.39 is 11.7 Å². The summed E-state index contributed by atoms with van der Waals surface area (Å²) in [6.07, 6.45) is -3.53. The van der Waals surface area contributed by atoms with Gasteiger partial charge in [-0.3, -0.25) is 4.99 Å². The third-order valence-electron chi connectivity index (χ3n) is 3.54. The molecule has 156 valence electrons. The van der Waals surface area contributed by atoms with Gasteiger partial charge in [0.2, 0.25) is 0 Å². The number of nitrogens with zero attached hydrogens (tertiary/aromatic N) is 2. The molecule has 0 bridgehead atoms. The summed E-state index contributed by atoms with van der Waals surface area (Å²) in [5, 5.41) is 3.18. The van der Waals surface area contributed by atoms with Crippen LogP contribution in [-0.4, -0.2) is 57.9 Å². The van der Waals surface area contributed by atoms with Crippen molar-refractivity contribution in [3.8, 4) is 0 Å². The van der Waals surface area contributed by atoms with Crippen molar-refractivity contribution in [3.05, 3.63) is 35.4 Å². The van der Waals surface area contributed by atoms with Gasteiger partial charge in [-0.1, -0.05) is 12.1 Å². The van der Waals surface area contributed by atoms with Gasteiger partial charge in [0, 0.05) is 40.4 Å². The predicted octanol–water partition coefficient (Wildman–Crippen LogP) is 3.77. The van der Waals surface area contributed by atoms with E-state index in [-0.39, 0.29) is 24.0 Å². The average Bonchev–Trinajstić information content (AvgIpc) is 2.59. The van der Waals surface area contributed by atoms with Crippen molar-refractivity contribution in [2.24, 2.45) is 4.99 Å². The quantitative estimate of drug-likeness (QED) is 0.229. The minimum Gasteiger partial charge on any atom is -0.382 e. The molecule has 1 rings (SSSR count). The molecule has 0 amide bonds. The van der Waals surface area contributed by atoms with Gasteiger partial charge in [-0.25, -0.2) is 0 Å². The highest BCUT2D eigenvalue weighted by Crippen LogP contribution is 2.29. The first-order chi connectivity index (χ1) is 12.4. The third kappa shape index (κ3) is 10.7. The second kappa shape index (κ2) is 14.0. The van der Waals surface area contributed by atoms with E-state index in [2.05, 4.69) is 10.3 Å². The molecule has 0 heterocycles. The lowest BCUT2D eigenvalue weighted by atomic mass is 10.1. The molecule has 0 unspecified atom stereocenters. The summed E-state index contributed by atoms with van der Waals surface area (Å²) in [6, 6.07) is 5.19. The van der Waals surface area contributed by atoms with Gasteiger partial charge in [0.25, 0.3) is 0 Å². The van der Waals surface area contributed by atoms with E-state index in [0.717, 1.165) is 24.1 Å². The van der Waals surface area contributed by atoms with Crippen LogP contribution in [0, 0.1) is 0 Å². The molecule has 0 aliphatic carbocycles. The topological polar surface area (TPSA) is 46.1 Å². The number of alkyl halides is 3. The zero-order valence-electron chi connectivity index (χ0n) is 16.0. The second-order valence-electron chi connectivity index (χ2n) is 5.75. The minimum absolute atomic E-state index is 0. The van der Waals surface area contributed by atoms with Crippen molar-refractivity contribution < 1.29 is 22.6 Å². The van der Waals surface area contributed by atoms with E-state index in [9.17, 15) is 13.2 Å². The molecule has 0 fully saturated rings. The van der Waals surface area contributed by atoms with Crippen molar-refractivity contribution in [1.82, 2.24) is 10.2 Å². The van der Waals surface area contributed by atoms with Crippen LogP contribution < -0.4 is 5.32 Å². The SMILES string of the molecule is CCNC(=NCCCOCCOC)N(C)Cc1ccc(C(F)(F)F)cc1.I. The van der Waals surface area contributed by atoms with Gasteiger partial charge in [0.15, 0.2) is 5.96 Å². The second-order valence-corrected chi connectivity index (χ2v) is 5.75. The molecule has 0 saturated carbocycles. The Hall–Kier alpha value is -1.07. The smallest absolute Gasteiger partial charge is 0.382 e. The fraction of sp³-hybridized carbons (Fsp3) is 0.611. The Labute approximate surface area is 176 Å². The Bertz CT molecular complexity index is 540. The number of hydrogen-bond donors (Lipinski definition) is 1. The molecule has 0 atom stereocenters. The maximum Gasteiger partial charge on any atom is 0.416 e. The molecule has 0 aromatic heterocycles. The zero-order valence-corrected chi connectivity index (χ0v) is 18.3. The predicted molar refractivity (Wildman–Crippen MR) is 112 cm³/mol. The van der Waals surface area contributed by atoms with Crippen LogP contribution in [0.4, 0.5) is 13.2 Å². The number of rotatable bonds is 10. The van der Waals surface area contributed by atoms with E-state index in [4.69, 9.17) is 9.47 Å². The minimum atomic E-state index is -4.31. The molecule has 0 aliphatic rings. The first-order valence-corrected chi connectivity index (χ1v) is 8.60. The Balaban J connectivity index is 0.00000676.